The Kier molecular flexibility index (Phi) is 3.55. The van der Waals surface area contributed by atoms with Crippen molar-refractivity contribution in [1.82, 2.24) is 4.42 Å². The number of benzene rings is 1. The zero-order valence-corrected chi connectivity index (χ0v) is 11.5. The monoisotopic (exact) mass is 279 g/mol. The third kappa shape index (κ3) is 2.39. The number of halogens is 1. The van der Waals surface area contributed by atoms with Crippen molar-refractivity contribution in [1.29, 1.82) is 0 Å². The molecule has 3 rings (SSSR count). The van der Waals surface area contributed by atoms with Crippen LogP contribution in [0.1, 0.15) is 5.56 Å². The predicted molar refractivity (Wildman–Crippen MR) is 76.4 cm³/mol. The summed E-state index contributed by atoms with van der Waals surface area (Å²) in [4.78, 5) is 1.30. The summed E-state index contributed by atoms with van der Waals surface area (Å²) in [5.41, 5.74) is 2.55. The van der Waals surface area contributed by atoms with Gasteiger partial charge in [0.2, 0.25) is 0 Å². The van der Waals surface area contributed by atoms with Gasteiger partial charge in [0.05, 0.1) is 0 Å². The van der Waals surface area contributed by atoms with Crippen molar-refractivity contribution in [3.05, 3.63) is 41.3 Å². The highest BCUT2D eigenvalue weighted by molar-refractivity contribution is 7.13. The molecule has 0 N–H and O–H groups in total. The molecule has 0 aliphatic carbocycles. The van der Waals surface area contributed by atoms with E-state index in [0.29, 0.717) is 6.61 Å². The first-order valence-corrected chi connectivity index (χ1v) is 7.25. The standard InChI is InChI=1S/C14H14ClNOS/c15-16-7-5-11-6-10-18-14(11)12-3-1-2-4-13(12)17-9-8-16/h1-4,6,10H,5,7-9H2. The van der Waals surface area contributed by atoms with Gasteiger partial charge in [-0.3, -0.25) is 0 Å². The summed E-state index contributed by atoms with van der Waals surface area (Å²) in [6, 6.07) is 10.4. The van der Waals surface area contributed by atoms with Crippen LogP contribution in [-0.4, -0.2) is 24.1 Å². The summed E-state index contributed by atoms with van der Waals surface area (Å²) >= 11 is 7.90. The molecule has 0 bridgehead atoms. The molecule has 2 nitrogen and oxygen atoms in total. The molecule has 4 heteroatoms. The third-order valence-electron chi connectivity index (χ3n) is 3.09. The predicted octanol–water partition coefficient (Wildman–Crippen LogP) is 3.81. The lowest BCUT2D eigenvalue weighted by Crippen LogP contribution is -2.22. The molecule has 0 fully saturated rings. The molecule has 18 heavy (non-hydrogen) atoms. The second kappa shape index (κ2) is 5.31. The van der Waals surface area contributed by atoms with Crippen LogP contribution in [0.25, 0.3) is 10.4 Å². The average Bonchev–Trinajstić information content (AvgIpc) is 2.85. The zero-order chi connectivity index (χ0) is 12.4. The number of fused-ring (bicyclic) bond motifs is 3. The van der Waals surface area contributed by atoms with E-state index in [9.17, 15) is 0 Å². The summed E-state index contributed by atoms with van der Waals surface area (Å²) < 4.78 is 7.64. The van der Waals surface area contributed by atoms with Crippen molar-refractivity contribution in [2.75, 3.05) is 19.7 Å². The highest BCUT2D eigenvalue weighted by atomic mass is 35.5. The number of nitrogens with zero attached hydrogens (tertiary/aromatic N) is 1. The number of thiophene rings is 1. The maximum Gasteiger partial charge on any atom is 0.128 e. The molecule has 0 atom stereocenters. The van der Waals surface area contributed by atoms with E-state index in [1.807, 2.05) is 12.1 Å². The molecule has 0 unspecified atom stereocenters. The van der Waals surface area contributed by atoms with E-state index < -0.39 is 0 Å². The van der Waals surface area contributed by atoms with Crippen molar-refractivity contribution >= 4 is 23.1 Å². The van der Waals surface area contributed by atoms with Gasteiger partial charge in [0, 0.05) is 23.5 Å². The Morgan fingerprint density at radius 1 is 1.17 bits per heavy atom. The summed E-state index contributed by atoms with van der Waals surface area (Å²) in [6.45, 7) is 2.23. The molecule has 0 saturated carbocycles. The molecule has 1 aromatic heterocycles. The van der Waals surface area contributed by atoms with Crippen LogP contribution in [0.15, 0.2) is 35.7 Å². The van der Waals surface area contributed by atoms with Gasteiger partial charge in [-0.1, -0.05) is 12.1 Å². The van der Waals surface area contributed by atoms with Gasteiger partial charge in [0.15, 0.2) is 0 Å². The minimum atomic E-state index is 0.626. The number of hydrogen-bond donors (Lipinski definition) is 0. The largest absolute Gasteiger partial charge is 0.492 e. The molecule has 2 aromatic rings. The SMILES string of the molecule is ClN1CCOc2ccccc2-c2sccc2CC1. The Hall–Kier alpha value is -1.03. The van der Waals surface area contributed by atoms with Gasteiger partial charge in [-0.05, 0) is 47.3 Å². The van der Waals surface area contributed by atoms with E-state index in [1.165, 1.54) is 16.0 Å². The van der Waals surface area contributed by atoms with Crippen LogP contribution in [0, 0.1) is 0 Å². The Morgan fingerprint density at radius 2 is 2.06 bits per heavy atom. The van der Waals surface area contributed by atoms with Gasteiger partial charge in [0.25, 0.3) is 0 Å². The van der Waals surface area contributed by atoms with E-state index in [-0.39, 0.29) is 0 Å². The maximum absolute atomic E-state index is 6.14. The fourth-order valence-corrected chi connectivity index (χ4v) is 3.30. The van der Waals surface area contributed by atoms with Crippen LogP contribution < -0.4 is 4.74 Å². The van der Waals surface area contributed by atoms with Gasteiger partial charge in [-0.25, -0.2) is 4.42 Å². The Labute approximate surface area is 116 Å². The van der Waals surface area contributed by atoms with Crippen LogP contribution in [0.2, 0.25) is 0 Å². The van der Waals surface area contributed by atoms with Gasteiger partial charge in [-0.2, -0.15) is 0 Å². The van der Waals surface area contributed by atoms with E-state index in [2.05, 4.69) is 23.6 Å². The minimum Gasteiger partial charge on any atom is -0.492 e. The average molecular weight is 280 g/mol. The normalized spacial score (nSPS) is 16.5. The Bertz CT molecular complexity index is 540. The van der Waals surface area contributed by atoms with Gasteiger partial charge in [-0.15, -0.1) is 11.3 Å². The molecule has 1 aromatic carbocycles. The van der Waals surface area contributed by atoms with Crippen molar-refractivity contribution in [3.8, 4) is 16.2 Å². The smallest absolute Gasteiger partial charge is 0.128 e. The van der Waals surface area contributed by atoms with Gasteiger partial charge in [0.1, 0.15) is 12.4 Å². The lowest BCUT2D eigenvalue weighted by atomic mass is 10.1. The molecule has 1 aliphatic heterocycles. The Balaban J connectivity index is 2.05. The number of rotatable bonds is 0. The van der Waals surface area contributed by atoms with E-state index >= 15 is 0 Å². The first-order chi connectivity index (χ1) is 8.84. The van der Waals surface area contributed by atoms with Crippen molar-refractivity contribution in [2.45, 2.75) is 6.42 Å². The maximum atomic E-state index is 6.14. The molecule has 94 valence electrons. The second-order valence-electron chi connectivity index (χ2n) is 4.28. The molecule has 0 amide bonds. The fourth-order valence-electron chi connectivity index (χ4n) is 2.16. The quantitative estimate of drug-likeness (QED) is 0.680. The van der Waals surface area contributed by atoms with E-state index in [4.69, 9.17) is 16.5 Å². The zero-order valence-electron chi connectivity index (χ0n) is 9.93. The molecular formula is C14H14ClNOS. The van der Waals surface area contributed by atoms with Crippen LogP contribution >= 0.6 is 23.1 Å². The summed E-state index contributed by atoms with van der Waals surface area (Å²) in [5, 5.41) is 2.14. The second-order valence-corrected chi connectivity index (χ2v) is 5.67. The Morgan fingerprint density at radius 3 is 3.00 bits per heavy atom. The third-order valence-corrected chi connectivity index (χ3v) is 4.42. The highest BCUT2D eigenvalue weighted by Crippen LogP contribution is 2.36. The van der Waals surface area contributed by atoms with Gasteiger partial charge >= 0.3 is 0 Å². The van der Waals surface area contributed by atoms with Crippen LogP contribution in [0.4, 0.5) is 0 Å². The first-order valence-electron chi connectivity index (χ1n) is 6.04. The van der Waals surface area contributed by atoms with E-state index in [0.717, 1.165) is 25.3 Å². The summed E-state index contributed by atoms with van der Waals surface area (Å²) in [5.74, 6) is 0.952. The number of para-hydroxylation sites is 1. The minimum absolute atomic E-state index is 0.626. The van der Waals surface area contributed by atoms with Crippen molar-refractivity contribution < 1.29 is 4.74 Å². The van der Waals surface area contributed by atoms with Crippen LogP contribution in [0.3, 0.4) is 0 Å². The summed E-state index contributed by atoms with van der Waals surface area (Å²) in [6.07, 6.45) is 0.983. The molecule has 0 radical (unpaired) electrons. The fraction of sp³-hybridized carbons (Fsp3) is 0.286. The topological polar surface area (TPSA) is 12.5 Å². The molecule has 1 aliphatic rings. The molecular weight excluding hydrogens is 266 g/mol. The lowest BCUT2D eigenvalue weighted by Gasteiger charge is -2.18. The number of ether oxygens (including phenoxy) is 1. The van der Waals surface area contributed by atoms with E-state index in [1.54, 1.807) is 15.8 Å². The molecule has 0 saturated heterocycles. The van der Waals surface area contributed by atoms with Crippen molar-refractivity contribution in [2.24, 2.45) is 0 Å². The van der Waals surface area contributed by atoms with Gasteiger partial charge < -0.3 is 4.74 Å². The first kappa shape index (κ1) is 12.0. The highest BCUT2D eigenvalue weighted by Gasteiger charge is 2.14. The molecule has 2 heterocycles. The van der Waals surface area contributed by atoms with Crippen LogP contribution in [-0.2, 0) is 6.42 Å². The lowest BCUT2D eigenvalue weighted by molar-refractivity contribution is 0.278. The molecule has 0 spiro atoms. The number of hydrogen-bond acceptors (Lipinski definition) is 3. The van der Waals surface area contributed by atoms with Crippen molar-refractivity contribution in [3.63, 3.8) is 0 Å². The summed E-state index contributed by atoms with van der Waals surface area (Å²) in [7, 11) is 0. The van der Waals surface area contributed by atoms with Crippen LogP contribution in [0.5, 0.6) is 5.75 Å².